The largest absolute Gasteiger partial charge is 0.467 e. The van der Waals surface area contributed by atoms with E-state index in [1.165, 1.54) is 0 Å². The summed E-state index contributed by atoms with van der Waals surface area (Å²) in [7, 11) is 3.15. The van der Waals surface area contributed by atoms with Crippen LogP contribution in [0.3, 0.4) is 0 Å². The van der Waals surface area contributed by atoms with Crippen molar-refractivity contribution >= 4 is 5.57 Å². The fourth-order valence-corrected chi connectivity index (χ4v) is 1.42. The van der Waals surface area contributed by atoms with E-state index in [0.717, 1.165) is 11.1 Å². The van der Waals surface area contributed by atoms with Crippen LogP contribution in [0.2, 0.25) is 0 Å². The molecule has 0 spiro atoms. The molecule has 0 bridgehead atoms. The molecule has 4 nitrogen and oxygen atoms in total. The van der Waals surface area contributed by atoms with Crippen LogP contribution in [-0.4, -0.2) is 27.8 Å². The van der Waals surface area contributed by atoms with Crippen LogP contribution >= 0.6 is 0 Å². The van der Waals surface area contributed by atoms with E-state index < -0.39 is 0 Å². The molecule has 0 heterocycles. The number of hydrogen-bond acceptors (Lipinski definition) is 4. The lowest BCUT2D eigenvalue weighted by Gasteiger charge is -2.15. The molecule has 94 valence electrons. The molecule has 0 fully saturated rings. The van der Waals surface area contributed by atoms with Gasteiger partial charge in [0.25, 0.3) is 0 Å². The molecule has 1 aromatic rings. The lowest BCUT2D eigenvalue weighted by molar-refractivity contribution is 0.0456. The Balaban J connectivity index is 2.99. The first-order valence-electron chi connectivity index (χ1n) is 5.23. The molecule has 0 saturated carbocycles. The number of hydrogen-bond donors (Lipinski definition) is 0. The second kappa shape index (κ2) is 6.93. The molecule has 0 amide bonds. The first kappa shape index (κ1) is 13.5. The van der Waals surface area contributed by atoms with Crippen molar-refractivity contribution in [2.45, 2.75) is 6.92 Å². The third-order valence-electron chi connectivity index (χ3n) is 2.08. The number of methoxy groups -OCH3 is 2. The monoisotopic (exact) mass is 238 g/mol. The van der Waals surface area contributed by atoms with E-state index in [1.54, 1.807) is 14.2 Å². The van der Waals surface area contributed by atoms with Crippen molar-refractivity contribution in [1.29, 1.82) is 0 Å². The fourth-order valence-electron chi connectivity index (χ4n) is 1.42. The predicted octanol–water partition coefficient (Wildman–Crippen LogP) is 2.69. The smallest absolute Gasteiger partial charge is 0.188 e. The van der Waals surface area contributed by atoms with Crippen molar-refractivity contribution in [3.05, 3.63) is 30.3 Å². The molecule has 17 heavy (non-hydrogen) atoms. The SMILES string of the molecule is C=C(C)c1c(OCOC)cccc1OCOC. The third kappa shape index (κ3) is 3.76. The third-order valence-corrected chi connectivity index (χ3v) is 2.08. The standard InChI is InChI=1S/C13H18O4/c1-10(2)13-11(16-8-14-3)6-5-7-12(13)17-9-15-4/h5-7H,1,8-9H2,2-4H3. The molecular weight excluding hydrogens is 220 g/mol. The normalized spacial score (nSPS) is 10.1. The van der Waals surface area contributed by atoms with Gasteiger partial charge >= 0.3 is 0 Å². The zero-order valence-corrected chi connectivity index (χ0v) is 10.5. The summed E-state index contributed by atoms with van der Waals surface area (Å²) in [6.07, 6.45) is 0. The Hall–Kier alpha value is -1.52. The van der Waals surface area contributed by atoms with Gasteiger partial charge in [-0.2, -0.15) is 0 Å². The van der Waals surface area contributed by atoms with Crippen LogP contribution in [-0.2, 0) is 9.47 Å². The Bertz CT molecular complexity index is 347. The molecule has 0 aliphatic carbocycles. The minimum atomic E-state index is 0.189. The highest BCUT2D eigenvalue weighted by molar-refractivity contribution is 5.72. The molecule has 0 atom stereocenters. The first-order chi connectivity index (χ1) is 8.20. The van der Waals surface area contributed by atoms with Gasteiger partial charge in [0.2, 0.25) is 0 Å². The summed E-state index contributed by atoms with van der Waals surface area (Å²) in [5, 5.41) is 0. The van der Waals surface area contributed by atoms with Crippen molar-refractivity contribution in [1.82, 2.24) is 0 Å². The lowest BCUT2D eigenvalue weighted by atomic mass is 10.1. The predicted molar refractivity (Wildman–Crippen MR) is 66.2 cm³/mol. The van der Waals surface area contributed by atoms with Gasteiger partial charge in [0.1, 0.15) is 11.5 Å². The van der Waals surface area contributed by atoms with Crippen LogP contribution in [0.15, 0.2) is 24.8 Å². The van der Waals surface area contributed by atoms with Crippen molar-refractivity contribution < 1.29 is 18.9 Å². The summed E-state index contributed by atoms with van der Waals surface area (Å²) in [6.45, 7) is 6.20. The van der Waals surface area contributed by atoms with Crippen LogP contribution in [0.1, 0.15) is 12.5 Å². The number of ether oxygens (including phenoxy) is 4. The maximum Gasteiger partial charge on any atom is 0.188 e. The summed E-state index contributed by atoms with van der Waals surface area (Å²) in [4.78, 5) is 0. The molecule has 1 rings (SSSR count). The van der Waals surface area contributed by atoms with Gasteiger partial charge < -0.3 is 18.9 Å². The van der Waals surface area contributed by atoms with E-state index in [0.29, 0.717) is 11.5 Å². The van der Waals surface area contributed by atoms with E-state index in [9.17, 15) is 0 Å². The van der Waals surface area contributed by atoms with E-state index in [-0.39, 0.29) is 13.6 Å². The lowest BCUT2D eigenvalue weighted by Crippen LogP contribution is -2.05. The summed E-state index contributed by atoms with van der Waals surface area (Å²) >= 11 is 0. The number of rotatable bonds is 7. The fraction of sp³-hybridized carbons (Fsp3) is 0.385. The second-order valence-electron chi connectivity index (χ2n) is 3.51. The molecule has 0 radical (unpaired) electrons. The van der Waals surface area contributed by atoms with Gasteiger partial charge in [-0.25, -0.2) is 0 Å². The summed E-state index contributed by atoms with van der Waals surface area (Å²) in [6, 6.07) is 5.55. The Morgan fingerprint density at radius 2 is 1.53 bits per heavy atom. The van der Waals surface area contributed by atoms with Crippen LogP contribution in [0.25, 0.3) is 5.57 Å². The maximum absolute atomic E-state index is 5.46. The highest BCUT2D eigenvalue weighted by Gasteiger charge is 2.11. The zero-order valence-electron chi connectivity index (χ0n) is 10.5. The van der Waals surface area contributed by atoms with Crippen molar-refractivity contribution in [2.75, 3.05) is 27.8 Å². The Labute approximate surface area is 102 Å². The van der Waals surface area contributed by atoms with Gasteiger partial charge in [0.15, 0.2) is 13.6 Å². The average molecular weight is 238 g/mol. The van der Waals surface area contributed by atoms with Gasteiger partial charge in [-0.3, -0.25) is 0 Å². The summed E-state index contributed by atoms with van der Waals surface area (Å²) in [5.74, 6) is 1.38. The molecule has 4 heteroatoms. The average Bonchev–Trinajstić information content (AvgIpc) is 2.33. The molecule has 0 aromatic heterocycles. The van der Waals surface area contributed by atoms with Crippen molar-refractivity contribution in [3.63, 3.8) is 0 Å². The Morgan fingerprint density at radius 1 is 1.06 bits per heavy atom. The molecule has 0 aliphatic heterocycles. The van der Waals surface area contributed by atoms with Gasteiger partial charge in [-0.05, 0) is 24.6 Å². The van der Waals surface area contributed by atoms with Crippen LogP contribution in [0, 0.1) is 0 Å². The number of allylic oxidation sites excluding steroid dienone is 1. The highest BCUT2D eigenvalue weighted by atomic mass is 16.7. The van der Waals surface area contributed by atoms with Gasteiger partial charge in [0.05, 0.1) is 5.56 Å². The molecule has 1 aromatic carbocycles. The van der Waals surface area contributed by atoms with Crippen LogP contribution in [0.4, 0.5) is 0 Å². The van der Waals surface area contributed by atoms with E-state index >= 15 is 0 Å². The quantitative estimate of drug-likeness (QED) is 0.684. The van der Waals surface area contributed by atoms with Gasteiger partial charge in [-0.15, -0.1) is 0 Å². The van der Waals surface area contributed by atoms with Gasteiger partial charge in [-0.1, -0.05) is 12.6 Å². The van der Waals surface area contributed by atoms with Crippen LogP contribution in [0.5, 0.6) is 11.5 Å². The minimum absolute atomic E-state index is 0.189. The second-order valence-corrected chi connectivity index (χ2v) is 3.51. The highest BCUT2D eigenvalue weighted by Crippen LogP contribution is 2.33. The van der Waals surface area contributed by atoms with E-state index in [1.807, 2.05) is 25.1 Å². The maximum atomic E-state index is 5.46. The molecule has 0 N–H and O–H groups in total. The molecule has 0 aliphatic rings. The molecule has 0 saturated heterocycles. The summed E-state index contributed by atoms with van der Waals surface area (Å²) in [5.41, 5.74) is 1.70. The summed E-state index contributed by atoms with van der Waals surface area (Å²) < 4.78 is 20.7. The van der Waals surface area contributed by atoms with E-state index in [2.05, 4.69) is 6.58 Å². The molecule has 0 unspecified atom stereocenters. The number of benzene rings is 1. The van der Waals surface area contributed by atoms with Crippen LogP contribution < -0.4 is 9.47 Å². The Kier molecular flexibility index (Phi) is 5.52. The topological polar surface area (TPSA) is 36.9 Å². The van der Waals surface area contributed by atoms with Crippen molar-refractivity contribution in [2.24, 2.45) is 0 Å². The minimum Gasteiger partial charge on any atom is -0.467 e. The first-order valence-corrected chi connectivity index (χ1v) is 5.23. The zero-order chi connectivity index (χ0) is 12.7. The molecular formula is C13H18O4. The van der Waals surface area contributed by atoms with Gasteiger partial charge in [0, 0.05) is 14.2 Å². The van der Waals surface area contributed by atoms with E-state index in [4.69, 9.17) is 18.9 Å². The Morgan fingerprint density at radius 3 is 1.88 bits per heavy atom. The van der Waals surface area contributed by atoms with Crippen molar-refractivity contribution in [3.8, 4) is 11.5 Å².